The molecule has 2 aromatic rings. The van der Waals surface area contributed by atoms with Gasteiger partial charge in [-0.1, -0.05) is 36.4 Å². The Hall–Kier alpha value is -2.89. The topological polar surface area (TPSA) is 72.7 Å². The van der Waals surface area contributed by atoms with E-state index < -0.39 is 4.92 Å². The van der Waals surface area contributed by atoms with Crippen LogP contribution in [-0.2, 0) is 11.2 Å². The van der Waals surface area contributed by atoms with Crippen molar-refractivity contribution in [2.45, 2.75) is 13.3 Å². The zero-order valence-electron chi connectivity index (χ0n) is 13.8. The third kappa shape index (κ3) is 4.55. The highest BCUT2D eigenvalue weighted by Crippen LogP contribution is 2.19. The van der Waals surface area contributed by atoms with Crippen molar-refractivity contribution in [3.63, 3.8) is 0 Å². The third-order valence-corrected chi connectivity index (χ3v) is 3.73. The minimum absolute atomic E-state index is 0.00197. The molecule has 0 atom stereocenters. The predicted molar refractivity (Wildman–Crippen MR) is 91.1 cm³/mol. The zero-order chi connectivity index (χ0) is 17.5. The molecule has 0 aliphatic rings. The highest BCUT2D eigenvalue weighted by Gasteiger charge is 2.17. The number of nitrogens with zero attached hydrogens (tertiary/aromatic N) is 2. The Balaban J connectivity index is 1.89. The van der Waals surface area contributed by atoms with Gasteiger partial charge >= 0.3 is 0 Å². The van der Waals surface area contributed by atoms with Crippen LogP contribution < -0.4 is 4.74 Å². The van der Waals surface area contributed by atoms with Crippen LogP contribution in [0.5, 0.6) is 5.75 Å². The number of amides is 1. The summed E-state index contributed by atoms with van der Waals surface area (Å²) in [6.07, 6.45) is -0.00197. The lowest BCUT2D eigenvalue weighted by Gasteiger charge is -2.18. The maximum Gasteiger partial charge on any atom is 0.273 e. The molecule has 126 valence electrons. The Morgan fingerprint density at radius 3 is 2.54 bits per heavy atom. The van der Waals surface area contributed by atoms with Crippen LogP contribution in [0.2, 0.25) is 0 Å². The number of carbonyl (C=O) groups is 1. The average molecular weight is 328 g/mol. The number of benzene rings is 2. The second-order valence-electron chi connectivity index (χ2n) is 5.49. The smallest absolute Gasteiger partial charge is 0.273 e. The number of aryl methyl sites for hydroxylation is 1. The molecule has 6 nitrogen and oxygen atoms in total. The second kappa shape index (κ2) is 8.10. The summed E-state index contributed by atoms with van der Waals surface area (Å²) in [4.78, 5) is 24.3. The Morgan fingerprint density at radius 1 is 1.17 bits per heavy atom. The lowest BCUT2D eigenvalue weighted by atomic mass is 10.1. The van der Waals surface area contributed by atoms with Crippen LogP contribution in [0.3, 0.4) is 0 Å². The van der Waals surface area contributed by atoms with Gasteiger partial charge < -0.3 is 9.64 Å². The van der Waals surface area contributed by atoms with Gasteiger partial charge in [0.2, 0.25) is 5.91 Å². The van der Waals surface area contributed by atoms with Gasteiger partial charge in [-0.05, 0) is 18.6 Å². The predicted octanol–water partition coefficient (Wildman–Crippen LogP) is 2.98. The number of ether oxygens (including phenoxy) is 1. The molecule has 0 saturated carbocycles. The van der Waals surface area contributed by atoms with Crippen molar-refractivity contribution in [3.8, 4) is 5.75 Å². The largest absolute Gasteiger partial charge is 0.491 e. The van der Waals surface area contributed by atoms with Gasteiger partial charge in [0, 0.05) is 18.7 Å². The van der Waals surface area contributed by atoms with Crippen molar-refractivity contribution < 1.29 is 14.5 Å². The first-order chi connectivity index (χ1) is 11.5. The van der Waals surface area contributed by atoms with E-state index >= 15 is 0 Å². The quantitative estimate of drug-likeness (QED) is 0.578. The fourth-order valence-electron chi connectivity index (χ4n) is 2.27. The average Bonchev–Trinajstić information content (AvgIpc) is 2.56. The van der Waals surface area contributed by atoms with Crippen LogP contribution in [-0.4, -0.2) is 35.9 Å². The molecule has 0 aliphatic heterocycles. The molecule has 0 fully saturated rings. The Kier molecular flexibility index (Phi) is 5.89. The molecule has 0 heterocycles. The first-order valence-corrected chi connectivity index (χ1v) is 7.63. The summed E-state index contributed by atoms with van der Waals surface area (Å²) < 4.78 is 5.67. The first-order valence-electron chi connectivity index (χ1n) is 7.63. The zero-order valence-corrected chi connectivity index (χ0v) is 13.8. The minimum Gasteiger partial charge on any atom is -0.491 e. The fraction of sp³-hybridized carbons (Fsp3) is 0.278. The van der Waals surface area contributed by atoms with Crippen molar-refractivity contribution in [1.82, 2.24) is 4.90 Å². The van der Waals surface area contributed by atoms with Crippen LogP contribution in [0.25, 0.3) is 0 Å². The van der Waals surface area contributed by atoms with E-state index in [2.05, 4.69) is 0 Å². The van der Waals surface area contributed by atoms with Crippen molar-refractivity contribution in [2.24, 2.45) is 0 Å². The van der Waals surface area contributed by atoms with Gasteiger partial charge in [0.1, 0.15) is 12.4 Å². The van der Waals surface area contributed by atoms with E-state index in [9.17, 15) is 14.9 Å². The lowest BCUT2D eigenvalue weighted by molar-refractivity contribution is -0.385. The van der Waals surface area contributed by atoms with Crippen LogP contribution in [0.1, 0.15) is 11.1 Å². The molecule has 0 radical (unpaired) electrons. The third-order valence-electron chi connectivity index (χ3n) is 3.73. The van der Waals surface area contributed by atoms with Gasteiger partial charge in [-0.25, -0.2) is 0 Å². The SMILES string of the molecule is Cc1ccccc1OCCN(C)C(=O)Cc1ccccc1[N+](=O)[O-]. The molecule has 1 amide bonds. The minimum atomic E-state index is -0.468. The molecule has 0 aliphatic carbocycles. The van der Waals surface area contributed by atoms with E-state index in [1.54, 1.807) is 25.2 Å². The summed E-state index contributed by atoms with van der Waals surface area (Å²) in [5, 5.41) is 11.0. The highest BCUT2D eigenvalue weighted by atomic mass is 16.6. The number of nitro groups is 1. The summed E-state index contributed by atoms with van der Waals surface area (Å²) in [6.45, 7) is 2.73. The summed E-state index contributed by atoms with van der Waals surface area (Å²) in [6, 6.07) is 14.0. The molecule has 0 aromatic heterocycles. The molecule has 0 saturated heterocycles. The van der Waals surface area contributed by atoms with Crippen LogP contribution in [0.15, 0.2) is 48.5 Å². The molecule has 0 spiro atoms. The molecular weight excluding hydrogens is 308 g/mol. The van der Waals surface area contributed by atoms with E-state index in [1.807, 2.05) is 31.2 Å². The normalized spacial score (nSPS) is 10.2. The van der Waals surface area contributed by atoms with Gasteiger partial charge in [-0.2, -0.15) is 0 Å². The number of rotatable bonds is 7. The number of para-hydroxylation sites is 2. The second-order valence-corrected chi connectivity index (χ2v) is 5.49. The number of carbonyl (C=O) groups excluding carboxylic acids is 1. The molecule has 2 aromatic carbocycles. The molecule has 24 heavy (non-hydrogen) atoms. The summed E-state index contributed by atoms with van der Waals surface area (Å²) in [7, 11) is 1.66. The van der Waals surface area contributed by atoms with Gasteiger partial charge in [0.15, 0.2) is 0 Å². The molecule has 6 heteroatoms. The molecule has 0 N–H and O–H groups in total. The van der Waals surface area contributed by atoms with Crippen LogP contribution in [0.4, 0.5) is 5.69 Å². The number of hydrogen-bond donors (Lipinski definition) is 0. The maximum absolute atomic E-state index is 12.2. The van der Waals surface area contributed by atoms with Crippen molar-refractivity contribution >= 4 is 11.6 Å². The Morgan fingerprint density at radius 2 is 1.83 bits per heavy atom. The summed E-state index contributed by atoms with van der Waals surface area (Å²) >= 11 is 0. The summed E-state index contributed by atoms with van der Waals surface area (Å²) in [5.41, 5.74) is 1.42. The fourth-order valence-corrected chi connectivity index (χ4v) is 2.27. The molecule has 0 bridgehead atoms. The Labute approximate surface area is 140 Å². The van der Waals surface area contributed by atoms with E-state index in [1.165, 1.54) is 11.0 Å². The summed E-state index contributed by atoms with van der Waals surface area (Å²) in [5.74, 6) is 0.606. The molecular formula is C18H20N2O4. The maximum atomic E-state index is 12.2. The molecule has 0 unspecified atom stereocenters. The van der Waals surface area contributed by atoms with E-state index in [0.29, 0.717) is 18.7 Å². The number of hydrogen-bond acceptors (Lipinski definition) is 4. The van der Waals surface area contributed by atoms with E-state index in [0.717, 1.165) is 11.3 Å². The van der Waals surface area contributed by atoms with Crippen molar-refractivity contribution in [2.75, 3.05) is 20.2 Å². The van der Waals surface area contributed by atoms with Crippen LogP contribution in [0, 0.1) is 17.0 Å². The lowest BCUT2D eigenvalue weighted by Crippen LogP contribution is -2.32. The standard InChI is InChI=1S/C18H20N2O4/c1-14-7-3-6-10-17(14)24-12-11-19(2)18(21)13-15-8-4-5-9-16(15)20(22)23/h3-10H,11-13H2,1-2H3. The number of likely N-dealkylation sites (N-methyl/N-ethyl adjacent to an activating group) is 1. The van der Waals surface area contributed by atoms with Crippen molar-refractivity contribution in [3.05, 3.63) is 69.8 Å². The van der Waals surface area contributed by atoms with E-state index in [4.69, 9.17) is 4.74 Å². The molecule has 2 rings (SSSR count). The first kappa shape index (κ1) is 17.5. The Bertz CT molecular complexity index is 730. The van der Waals surface area contributed by atoms with E-state index in [-0.39, 0.29) is 18.0 Å². The monoisotopic (exact) mass is 328 g/mol. The number of nitro benzene ring substituents is 1. The van der Waals surface area contributed by atoms with Crippen LogP contribution >= 0.6 is 0 Å². The highest BCUT2D eigenvalue weighted by molar-refractivity contribution is 5.79. The van der Waals surface area contributed by atoms with Gasteiger partial charge in [-0.15, -0.1) is 0 Å². The van der Waals surface area contributed by atoms with Gasteiger partial charge in [0.25, 0.3) is 5.69 Å². The van der Waals surface area contributed by atoms with Crippen molar-refractivity contribution in [1.29, 1.82) is 0 Å². The van der Waals surface area contributed by atoms with Gasteiger partial charge in [0.05, 0.1) is 17.9 Å². The van der Waals surface area contributed by atoms with Gasteiger partial charge in [-0.3, -0.25) is 14.9 Å².